The Morgan fingerprint density at radius 2 is 1.65 bits per heavy atom. The van der Waals surface area contributed by atoms with Crippen LogP contribution in [0.4, 0.5) is 0 Å². The molecule has 4 nitrogen and oxygen atoms in total. The number of halogens is 2. The van der Waals surface area contributed by atoms with Gasteiger partial charge in [-0.05, 0) is 18.2 Å². The zero-order chi connectivity index (χ0) is 12.6. The predicted molar refractivity (Wildman–Crippen MR) is 67.3 cm³/mol. The molecule has 0 N–H and O–H groups in total. The van der Waals surface area contributed by atoms with E-state index in [0.717, 1.165) is 4.57 Å². The van der Waals surface area contributed by atoms with Gasteiger partial charge < -0.3 is 0 Å². The fourth-order valence-corrected chi connectivity index (χ4v) is 1.96. The molecule has 0 bridgehead atoms. The molecule has 0 aliphatic carbocycles. The van der Waals surface area contributed by atoms with Crippen molar-refractivity contribution in [1.29, 1.82) is 0 Å². The third kappa shape index (κ3) is 2.28. The van der Waals surface area contributed by atoms with E-state index in [9.17, 15) is 9.59 Å². The third-order valence-electron chi connectivity index (χ3n) is 2.32. The largest absolute Gasteiger partial charge is 0.335 e. The molecule has 0 atom stereocenters. The van der Waals surface area contributed by atoms with Gasteiger partial charge in [0.05, 0.1) is 5.69 Å². The Hall–Kier alpha value is -1.52. The van der Waals surface area contributed by atoms with Gasteiger partial charge in [-0.3, -0.25) is 13.9 Å². The highest BCUT2D eigenvalue weighted by atomic mass is 35.5. The van der Waals surface area contributed by atoms with Crippen LogP contribution in [0, 0.1) is 0 Å². The topological polar surface area (TPSA) is 44.0 Å². The summed E-state index contributed by atoms with van der Waals surface area (Å²) in [5, 5.41) is 0.849. The molecule has 1 aromatic carbocycles. The summed E-state index contributed by atoms with van der Waals surface area (Å²) in [6.07, 6.45) is 1.40. The van der Waals surface area contributed by atoms with Gasteiger partial charge in [0.25, 0.3) is 5.56 Å². The minimum absolute atomic E-state index is 0.362. The highest BCUT2D eigenvalue weighted by Gasteiger charge is 2.05. The molecule has 0 saturated heterocycles. The lowest BCUT2D eigenvalue weighted by Gasteiger charge is -2.07. The number of nitrogens with zero attached hydrogens (tertiary/aromatic N) is 2. The second-order valence-electron chi connectivity index (χ2n) is 3.49. The van der Waals surface area contributed by atoms with Crippen LogP contribution in [0.5, 0.6) is 0 Å². The minimum Gasteiger partial charge on any atom is -0.269 e. The van der Waals surface area contributed by atoms with Gasteiger partial charge in [-0.2, -0.15) is 0 Å². The van der Waals surface area contributed by atoms with Crippen LogP contribution in [0.2, 0.25) is 10.0 Å². The number of hydrogen-bond acceptors (Lipinski definition) is 2. The van der Waals surface area contributed by atoms with E-state index in [0.29, 0.717) is 15.7 Å². The van der Waals surface area contributed by atoms with Gasteiger partial charge >= 0.3 is 5.69 Å². The second kappa shape index (κ2) is 4.39. The van der Waals surface area contributed by atoms with Crippen LogP contribution in [-0.2, 0) is 7.05 Å². The number of hydrogen-bond donors (Lipinski definition) is 0. The molecule has 88 valence electrons. The molecule has 0 aliphatic heterocycles. The molecule has 2 aromatic rings. The molecule has 0 aliphatic rings. The van der Waals surface area contributed by atoms with E-state index in [1.54, 1.807) is 18.2 Å². The van der Waals surface area contributed by atoms with Gasteiger partial charge in [0.15, 0.2) is 0 Å². The molecule has 6 heteroatoms. The minimum atomic E-state index is -0.448. The molecular formula is C11H8Cl2N2O2. The zero-order valence-corrected chi connectivity index (χ0v) is 10.4. The quantitative estimate of drug-likeness (QED) is 0.794. The normalized spacial score (nSPS) is 10.5. The van der Waals surface area contributed by atoms with Crippen molar-refractivity contribution < 1.29 is 0 Å². The maximum atomic E-state index is 11.9. The molecule has 0 amide bonds. The van der Waals surface area contributed by atoms with Crippen molar-refractivity contribution in [3.05, 3.63) is 61.3 Å². The second-order valence-corrected chi connectivity index (χ2v) is 4.37. The molecule has 0 saturated carbocycles. The van der Waals surface area contributed by atoms with Gasteiger partial charge in [0.1, 0.15) is 0 Å². The summed E-state index contributed by atoms with van der Waals surface area (Å²) < 4.78 is 2.31. The van der Waals surface area contributed by atoms with Crippen LogP contribution in [0.25, 0.3) is 5.69 Å². The SMILES string of the molecule is Cn1c(=O)ccn(-c2cc(Cl)cc(Cl)c2)c1=O. The highest BCUT2D eigenvalue weighted by molar-refractivity contribution is 6.34. The van der Waals surface area contributed by atoms with E-state index >= 15 is 0 Å². The molecule has 2 rings (SSSR count). The van der Waals surface area contributed by atoms with Crippen LogP contribution >= 0.6 is 23.2 Å². The van der Waals surface area contributed by atoms with Crippen LogP contribution in [0.1, 0.15) is 0 Å². The van der Waals surface area contributed by atoms with Crippen LogP contribution in [0.15, 0.2) is 40.1 Å². The molecule has 0 unspecified atom stereocenters. The van der Waals surface area contributed by atoms with Crippen LogP contribution in [0.3, 0.4) is 0 Å². The molecule has 1 aromatic heterocycles. The maximum Gasteiger partial charge on any atom is 0.335 e. The monoisotopic (exact) mass is 270 g/mol. The average Bonchev–Trinajstić information content (AvgIpc) is 2.24. The van der Waals surface area contributed by atoms with Crippen LogP contribution < -0.4 is 11.2 Å². The number of rotatable bonds is 1. The van der Waals surface area contributed by atoms with Crippen molar-refractivity contribution >= 4 is 23.2 Å². The van der Waals surface area contributed by atoms with Crippen LogP contribution in [-0.4, -0.2) is 9.13 Å². The standard InChI is InChI=1S/C11H8Cl2N2O2/c1-14-10(16)2-3-15(11(14)17)9-5-7(12)4-8(13)6-9/h2-6H,1H3. The summed E-state index contributed by atoms with van der Waals surface area (Å²) in [5.74, 6) is 0. The van der Waals surface area contributed by atoms with Crippen molar-refractivity contribution in [2.45, 2.75) is 0 Å². The molecular weight excluding hydrogens is 263 g/mol. The van der Waals surface area contributed by atoms with E-state index in [4.69, 9.17) is 23.2 Å². The third-order valence-corrected chi connectivity index (χ3v) is 2.75. The molecule has 0 spiro atoms. The molecule has 0 fully saturated rings. The summed E-state index contributed by atoms with van der Waals surface area (Å²) in [4.78, 5) is 23.1. The zero-order valence-electron chi connectivity index (χ0n) is 8.85. The summed E-state index contributed by atoms with van der Waals surface area (Å²) in [6.45, 7) is 0. The Kier molecular flexibility index (Phi) is 3.09. The molecule has 17 heavy (non-hydrogen) atoms. The van der Waals surface area contributed by atoms with E-state index in [-0.39, 0.29) is 5.56 Å². The summed E-state index contributed by atoms with van der Waals surface area (Å²) in [5.41, 5.74) is -0.293. The first-order valence-corrected chi connectivity index (χ1v) is 5.50. The number of benzene rings is 1. The lowest BCUT2D eigenvalue weighted by Crippen LogP contribution is -2.36. The maximum absolute atomic E-state index is 11.9. The van der Waals surface area contributed by atoms with Gasteiger partial charge in [0.2, 0.25) is 0 Å². The predicted octanol–water partition coefficient (Wildman–Crippen LogP) is 1.84. The van der Waals surface area contributed by atoms with E-state index in [1.165, 1.54) is 23.9 Å². The van der Waals surface area contributed by atoms with Gasteiger partial charge in [-0.15, -0.1) is 0 Å². The first-order valence-electron chi connectivity index (χ1n) is 4.74. The van der Waals surface area contributed by atoms with Crippen molar-refractivity contribution in [3.63, 3.8) is 0 Å². The van der Waals surface area contributed by atoms with Gasteiger partial charge in [-0.1, -0.05) is 23.2 Å². The van der Waals surface area contributed by atoms with Crippen molar-refractivity contribution in [2.24, 2.45) is 7.05 Å². The summed E-state index contributed by atoms with van der Waals surface area (Å²) >= 11 is 11.7. The van der Waals surface area contributed by atoms with Crippen molar-refractivity contribution in [3.8, 4) is 5.69 Å². The van der Waals surface area contributed by atoms with E-state index in [1.807, 2.05) is 0 Å². The first-order chi connectivity index (χ1) is 7.99. The lowest BCUT2D eigenvalue weighted by molar-refractivity contribution is 0.728. The van der Waals surface area contributed by atoms with Gasteiger partial charge in [0, 0.05) is 29.4 Å². The smallest absolute Gasteiger partial charge is 0.269 e. The Balaban J connectivity index is 2.73. The Morgan fingerprint density at radius 3 is 2.24 bits per heavy atom. The Bertz CT molecular complexity index is 668. The van der Waals surface area contributed by atoms with Gasteiger partial charge in [-0.25, -0.2) is 4.79 Å². The molecule has 1 heterocycles. The fraction of sp³-hybridized carbons (Fsp3) is 0.0909. The van der Waals surface area contributed by atoms with Crippen molar-refractivity contribution in [1.82, 2.24) is 9.13 Å². The van der Waals surface area contributed by atoms with Crippen molar-refractivity contribution in [2.75, 3.05) is 0 Å². The summed E-state index contributed by atoms with van der Waals surface area (Å²) in [6, 6.07) is 6.06. The Morgan fingerprint density at radius 1 is 1.06 bits per heavy atom. The fourth-order valence-electron chi connectivity index (χ4n) is 1.44. The first kappa shape index (κ1) is 12.0. The molecule has 0 radical (unpaired) electrons. The van der Waals surface area contributed by atoms with E-state index < -0.39 is 5.69 Å². The number of aromatic nitrogens is 2. The highest BCUT2D eigenvalue weighted by Crippen LogP contribution is 2.20. The van der Waals surface area contributed by atoms with E-state index in [2.05, 4.69) is 0 Å². The lowest BCUT2D eigenvalue weighted by atomic mass is 10.3. The Labute approximate surface area is 107 Å². The average molecular weight is 271 g/mol. The summed E-state index contributed by atoms with van der Waals surface area (Å²) in [7, 11) is 1.41.